The summed E-state index contributed by atoms with van der Waals surface area (Å²) in [5, 5.41) is 4.44. The van der Waals surface area contributed by atoms with Crippen LogP contribution in [0.3, 0.4) is 0 Å². The van der Waals surface area contributed by atoms with Gasteiger partial charge in [-0.25, -0.2) is 4.98 Å². The Morgan fingerprint density at radius 2 is 2.16 bits per heavy atom. The van der Waals surface area contributed by atoms with E-state index in [1.165, 1.54) is 35.8 Å². The first-order chi connectivity index (χ1) is 9.22. The zero-order chi connectivity index (χ0) is 13.7. The number of nitrogens with one attached hydrogen (secondary N) is 1. The number of aromatic nitrogens is 1. The summed E-state index contributed by atoms with van der Waals surface area (Å²) in [5.41, 5.74) is 1.10. The number of ether oxygens (including phenoxy) is 1. The molecule has 5 heteroatoms. The summed E-state index contributed by atoms with van der Waals surface area (Å²) in [7, 11) is 3.70. The predicted molar refractivity (Wildman–Crippen MR) is 79.3 cm³/mol. The van der Waals surface area contributed by atoms with Gasteiger partial charge >= 0.3 is 0 Å². The molecule has 1 aromatic rings. The van der Waals surface area contributed by atoms with E-state index in [0.717, 1.165) is 24.7 Å². The van der Waals surface area contributed by atoms with Crippen LogP contribution in [0.15, 0.2) is 0 Å². The van der Waals surface area contributed by atoms with Crippen LogP contribution < -0.4 is 5.32 Å². The van der Waals surface area contributed by atoms with Gasteiger partial charge in [0.05, 0.1) is 18.8 Å². The molecule has 0 amide bonds. The largest absolute Gasteiger partial charge is 0.378 e. The van der Waals surface area contributed by atoms with Crippen molar-refractivity contribution in [3.8, 4) is 0 Å². The first-order valence-electron chi connectivity index (χ1n) is 7.06. The van der Waals surface area contributed by atoms with E-state index in [9.17, 15) is 0 Å². The Morgan fingerprint density at radius 1 is 1.42 bits per heavy atom. The lowest BCUT2D eigenvalue weighted by molar-refractivity contribution is 0.177. The molecule has 0 radical (unpaired) electrons. The Labute approximate surface area is 120 Å². The van der Waals surface area contributed by atoms with E-state index in [0.29, 0.717) is 6.61 Å². The first kappa shape index (κ1) is 14.9. The van der Waals surface area contributed by atoms with Gasteiger partial charge in [-0.3, -0.25) is 4.90 Å². The molecule has 0 saturated carbocycles. The van der Waals surface area contributed by atoms with Crippen LogP contribution in [-0.2, 0) is 24.4 Å². The summed E-state index contributed by atoms with van der Waals surface area (Å²) in [6, 6.07) is 0. The van der Waals surface area contributed by atoms with E-state index in [1.807, 2.05) is 18.4 Å². The van der Waals surface area contributed by atoms with E-state index < -0.39 is 0 Å². The van der Waals surface area contributed by atoms with E-state index >= 15 is 0 Å². The fourth-order valence-corrected chi connectivity index (χ4v) is 3.59. The van der Waals surface area contributed by atoms with Crippen molar-refractivity contribution in [3.05, 3.63) is 15.6 Å². The highest BCUT2D eigenvalue weighted by Crippen LogP contribution is 2.23. The first-order valence-corrected chi connectivity index (χ1v) is 7.88. The highest BCUT2D eigenvalue weighted by molar-refractivity contribution is 7.11. The van der Waals surface area contributed by atoms with Crippen molar-refractivity contribution in [2.75, 3.05) is 27.2 Å². The molecule has 0 aromatic carbocycles. The lowest BCUT2D eigenvalue weighted by atomic mass is 9.99. The maximum Gasteiger partial charge on any atom is 0.107 e. The normalized spacial score (nSPS) is 18.1. The summed E-state index contributed by atoms with van der Waals surface area (Å²) in [4.78, 5) is 8.58. The maximum absolute atomic E-state index is 5.24. The number of hydrogen-bond acceptors (Lipinski definition) is 5. The minimum atomic E-state index is 0.616. The molecule has 2 rings (SSSR count). The second-order valence-corrected chi connectivity index (χ2v) is 6.57. The van der Waals surface area contributed by atoms with Crippen molar-refractivity contribution in [1.82, 2.24) is 15.2 Å². The van der Waals surface area contributed by atoms with Gasteiger partial charge in [0.25, 0.3) is 0 Å². The molecule has 108 valence electrons. The number of hydrogen-bond donors (Lipinski definition) is 1. The Morgan fingerprint density at radius 3 is 2.79 bits per heavy atom. The molecule has 1 aliphatic heterocycles. The molecule has 0 atom stereocenters. The molecule has 0 aliphatic carbocycles. The molecule has 1 fully saturated rings. The molecule has 0 unspecified atom stereocenters. The van der Waals surface area contributed by atoms with Gasteiger partial charge in [-0.05, 0) is 38.9 Å². The van der Waals surface area contributed by atoms with E-state index in [1.54, 1.807) is 7.11 Å². The number of piperidine rings is 1. The van der Waals surface area contributed by atoms with Crippen molar-refractivity contribution >= 4 is 11.3 Å². The van der Waals surface area contributed by atoms with Gasteiger partial charge in [0.1, 0.15) is 5.01 Å². The third kappa shape index (κ3) is 4.24. The number of methoxy groups -OCH3 is 1. The second kappa shape index (κ2) is 7.33. The van der Waals surface area contributed by atoms with Crippen LogP contribution in [0.5, 0.6) is 0 Å². The van der Waals surface area contributed by atoms with Gasteiger partial charge in [0.2, 0.25) is 0 Å². The molecular weight excluding hydrogens is 258 g/mol. The van der Waals surface area contributed by atoms with Crippen LogP contribution >= 0.6 is 11.3 Å². The lowest BCUT2D eigenvalue weighted by Gasteiger charge is -2.29. The Bertz CT molecular complexity index is 363. The van der Waals surface area contributed by atoms with Crippen molar-refractivity contribution in [2.45, 2.75) is 39.5 Å². The summed E-state index contributed by atoms with van der Waals surface area (Å²) in [6.07, 6.45) is 2.64. The molecule has 1 N–H and O–H groups in total. The number of nitrogens with zero attached hydrogens (tertiary/aromatic N) is 2. The van der Waals surface area contributed by atoms with Crippen molar-refractivity contribution in [2.24, 2.45) is 5.92 Å². The molecular formula is C14H25N3OS. The third-order valence-electron chi connectivity index (χ3n) is 3.68. The molecule has 1 saturated heterocycles. The Balaban J connectivity index is 1.97. The third-order valence-corrected chi connectivity index (χ3v) is 4.76. The fraction of sp³-hybridized carbons (Fsp3) is 0.786. The van der Waals surface area contributed by atoms with Gasteiger partial charge in [-0.15, -0.1) is 11.3 Å². The summed E-state index contributed by atoms with van der Waals surface area (Å²) in [5.74, 6) is 0.886. The zero-order valence-electron chi connectivity index (χ0n) is 12.2. The monoisotopic (exact) mass is 283 g/mol. The highest BCUT2D eigenvalue weighted by Gasteiger charge is 2.18. The van der Waals surface area contributed by atoms with Crippen molar-refractivity contribution in [1.29, 1.82) is 0 Å². The fourth-order valence-electron chi connectivity index (χ4n) is 2.46. The number of likely N-dealkylation sites (tertiary alicyclic amines) is 1. The minimum absolute atomic E-state index is 0.616. The van der Waals surface area contributed by atoms with Crippen LogP contribution in [-0.4, -0.2) is 37.1 Å². The average Bonchev–Trinajstić information content (AvgIpc) is 2.75. The van der Waals surface area contributed by atoms with Crippen LogP contribution in [0.4, 0.5) is 0 Å². The maximum atomic E-state index is 5.24. The van der Waals surface area contributed by atoms with Gasteiger partial charge in [0.15, 0.2) is 0 Å². The van der Waals surface area contributed by atoms with Crippen LogP contribution in [0.2, 0.25) is 0 Å². The standard InChI is InChI=1S/C14H25N3OS/c1-11-4-6-17(7-5-11)9-14-16-12(10-18-3)13(19-14)8-15-2/h11,15H,4-10H2,1-3H3. The Hall–Kier alpha value is -0.490. The molecule has 1 aliphatic rings. The molecule has 2 heterocycles. The predicted octanol–water partition coefficient (Wildman–Crippen LogP) is 2.24. The molecule has 19 heavy (non-hydrogen) atoms. The summed E-state index contributed by atoms with van der Waals surface area (Å²) in [6.45, 7) is 7.27. The average molecular weight is 283 g/mol. The van der Waals surface area contributed by atoms with Crippen LogP contribution in [0.25, 0.3) is 0 Å². The topological polar surface area (TPSA) is 37.4 Å². The van der Waals surface area contributed by atoms with Crippen LogP contribution in [0, 0.1) is 5.92 Å². The quantitative estimate of drug-likeness (QED) is 0.869. The summed E-state index contributed by atoms with van der Waals surface area (Å²) < 4.78 is 5.24. The number of rotatable bonds is 6. The van der Waals surface area contributed by atoms with Gasteiger partial charge in [0, 0.05) is 18.5 Å². The SMILES string of the molecule is CNCc1sc(CN2CCC(C)CC2)nc1COC. The molecule has 4 nitrogen and oxygen atoms in total. The molecule has 0 spiro atoms. The smallest absolute Gasteiger partial charge is 0.107 e. The van der Waals surface area contributed by atoms with Gasteiger partial charge in [-0.2, -0.15) is 0 Å². The zero-order valence-corrected chi connectivity index (χ0v) is 13.1. The van der Waals surface area contributed by atoms with Crippen molar-refractivity contribution < 1.29 is 4.74 Å². The minimum Gasteiger partial charge on any atom is -0.378 e. The van der Waals surface area contributed by atoms with E-state index in [-0.39, 0.29) is 0 Å². The molecule has 1 aromatic heterocycles. The summed E-state index contributed by atoms with van der Waals surface area (Å²) >= 11 is 1.82. The highest BCUT2D eigenvalue weighted by atomic mass is 32.1. The van der Waals surface area contributed by atoms with E-state index in [2.05, 4.69) is 17.1 Å². The lowest BCUT2D eigenvalue weighted by Crippen LogP contribution is -2.32. The Kier molecular flexibility index (Phi) is 5.76. The number of thiazole rings is 1. The van der Waals surface area contributed by atoms with Gasteiger partial charge in [-0.1, -0.05) is 6.92 Å². The van der Waals surface area contributed by atoms with Crippen molar-refractivity contribution in [3.63, 3.8) is 0 Å². The molecule has 0 bridgehead atoms. The second-order valence-electron chi connectivity index (χ2n) is 5.40. The van der Waals surface area contributed by atoms with Crippen LogP contribution in [0.1, 0.15) is 35.3 Å². The van der Waals surface area contributed by atoms with Gasteiger partial charge < -0.3 is 10.1 Å². The van der Waals surface area contributed by atoms with E-state index in [4.69, 9.17) is 9.72 Å².